The lowest BCUT2D eigenvalue weighted by Gasteiger charge is -2.35. The van der Waals surface area contributed by atoms with Crippen molar-refractivity contribution in [1.82, 2.24) is 19.9 Å². The quantitative estimate of drug-likeness (QED) is 0.674. The van der Waals surface area contributed by atoms with Crippen LogP contribution in [0.4, 0.5) is 11.6 Å². The Bertz CT molecular complexity index is 1110. The fourth-order valence-electron chi connectivity index (χ4n) is 4.37. The Balaban J connectivity index is 1.37. The van der Waals surface area contributed by atoms with Crippen molar-refractivity contribution in [1.29, 1.82) is 0 Å². The van der Waals surface area contributed by atoms with Gasteiger partial charge in [-0.3, -0.25) is 14.3 Å². The lowest BCUT2D eigenvalue weighted by molar-refractivity contribution is 0.122. The van der Waals surface area contributed by atoms with Crippen LogP contribution in [-0.4, -0.2) is 60.5 Å². The van der Waals surface area contributed by atoms with Gasteiger partial charge >= 0.3 is 0 Å². The molecule has 0 aliphatic carbocycles. The van der Waals surface area contributed by atoms with Crippen LogP contribution in [0.2, 0.25) is 0 Å². The van der Waals surface area contributed by atoms with Gasteiger partial charge in [-0.1, -0.05) is 12.1 Å². The number of morpholine rings is 1. The standard InChI is InChI=1S/C24H28N6O2/c1-28-23(31)16-21(19-6-8-25-9-7-19)27-24(28)30-11-10-26-22(17-30)18-2-4-20(5-3-18)29-12-14-32-15-13-29/h2-9,16,22,26H,10-15,17H2,1H3/t22-/m1/s1. The summed E-state index contributed by atoms with van der Waals surface area (Å²) in [6.07, 6.45) is 3.44. The molecule has 2 aliphatic heterocycles. The van der Waals surface area contributed by atoms with Crippen molar-refractivity contribution >= 4 is 11.6 Å². The summed E-state index contributed by atoms with van der Waals surface area (Å²) >= 11 is 0. The van der Waals surface area contributed by atoms with E-state index in [0.717, 1.165) is 51.5 Å². The van der Waals surface area contributed by atoms with E-state index >= 15 is 0 Å². The number of piperazine rings is 1. The third-order valence-corrected chi connectivity index (χ3v) is 6.22. The molecule has 1 N–H and O–H groups in total. The van der Waals surface area contributed by atoms with Gasteiger partial charge in [0.2, 0.25) is 5.95 Å². The molecule has 8 nitrogen and oxygen atoms in total. The first kappa shape index (κ1) is 20.7. The van der Waals surface area contributed by atoms with Gasteiger partial charge in [-0.2, -0.15) is 0 Å². The zero-order chi connectivity index (χ0) is 21.9. The molecule has 166 valence electrons. The topological polar surface area (TPSA) is 75.5 Å². The molecule has 0 radical (unpaired) electrons. The third kappa shape index (κ3) is 4.24. The highest BCUT2D eigenvalue weighted by Gasteiger charge is 2.24. The molecule has 4 heterocycles. The first-order chi connectivity index (χ1) is 15.7. The van der Waals surface area contributed by atoms with E-state index in [-0.39, 0.29) is 11.6 Å². The number of pyridine rings is 1. The summed E-state index contributed by atoms with van der Waals surface area (Å²) in [5, 5.41) is 3.62. The van der Waals surface area contributed by atoms with Crippen LogP contribution in [0, 0.1) is 0 Å². The first-order valence-electron chi connectivity index (χ1n) is 11.1. The van der Waals surface area contributed by atoms with Crippen LogP contribution >= 0.6 is 0 Å². The number of benzene rings is 1. The number of aromatic nitrogens is 3. The SMILES string of the molecule is Cn1c(N2CCN[C@@H](c3ccc(N4CCOCC4)cc3)C2)nc(-c2ccncc2)cc1=O. The van der Waals surface area contributed by atoms with E-state index in [1.165, 1.54) is 11.3 Å². The van der Waals surface area contributed by atoms with Gasteiger partial charge in [0, 0.05) is 75.5 Å². The zero-order valence-corrected chi connectivity index (χ0v) is 18.3. The van der Waals surface area contributed by atoms with Crippen LogP contribution in [0.25, 0.3) is 11.3 Å². The summed E-state index contributed by atoms with van der Waals surface area (Å²) in [4.78, 5) is 26.1. The highest BCUT2D eigenvalue weighted by molar-refractivity contribution is 5.59. The summed E-state index contributed by atoms with van der Waals surface area (Å²) in [6, 6.07) is 14.3. The largest absolute Gasteiger partial charge is 0.378 e. The average Bonchev–Trinajstić information content (AvgIpc) is 2.87. The summed E-state index contributed by atoms with van der Waals surface area (Å²) in [7, 11) is 1.79. The van der Waals surface area contributed by atoms with Gasteiger partial charge in [0.15, 0.2) is 0 Å². The van der Waals surface area contributed by atoms with Gasteiger partial charge in [-0.05, 0) is 29.8 Å². The molecule has 1 aromatic carbocycles. The Morgan fingerprint density at radius 2 is 1.75 bits per heavy atom. The molecule has 0 amide bonds. The highest BCUT2D eigenvalue weighted by Crippen LogP contribution is 2.25. The minimum Gasteiger partial charge on any atom is -0.378 e. The summed E-state index contributed by atoms with van der Waals surface area (Å²) < 4.78 is 7.09. The van der Waals surface area contributed by atoms with E-state index in [9.17, 15) is 4.79 Å². The van der Waals surface area contributed by atoms with Crippen molar-refractivity contribution in [2.45, 2.75) is 6.04 Å². The van der Waals surface area contributed by atoms with Crippen molar-refractivity contribution in [3.63, 3.8) is 0 Å². The summed E-state index contributed by atoms with van der Waals surface area (Å²) in [5.74, 6) is 0.695. The fourth-order valence-corrected chi connectivity index (χ4v) is 4.37. The number of nitrogens with zero attached hydrogens (tertiary/aromatic N) is 5. The second-order valence-electron chi connectivity index (χ2n) is 8.22. The maximum atomic E-state index is 12.7. The van der Waals surface area contributed by atoms with Crippen LogP contribution in [0.1, 0.15) is 11.6 Å². The lowest BCUT2D eigenvalue weighted by atomic mass is 10.0. The maximum absolute atomic E-state index is 12.7. The molecule has 0 unspecified atom stereocenters. The second-order valence-corrected chi connectivity index (χ2v) is 8.22. The van der Waals surface area contributed by atoms with Gasteiger partial charge in [0.25, 0.3) is 5.56 Å². The monoisotopic (exact) mass is 432 g/mol. The normalized spacial score (nSPS) is 19.2. The van der Waals surface area contributed by atoms with Crippen molar-refractivity contribution in [2.75, 3.05) is 55.7 Å². The molecular weight excluding hydrogens is 404 g/mol. The highest BCUT2D eigenvalue weighted by atomic mass is 16.5. The number of anilines is 2. The van der Waals surface area contributed by atoms with E-state index in [2.05, 4.69) is 44.4 Å². The van der Waals surface area contributed by atoms with Crippen molar-refractivity contribution in [2.24, 2.45) is 7.05 Å². The number of rotatable bonds is 4. The molecule has 1 atom stereocenters. The molecule has 32 heavy (non-hydrogen) atoms. The predicted molar refractivity (Wildman–Crippen MR) is 125 cm³/mol. The van der Waals surface area contributed by atoms with Crippen LogP contribution in [0.15, 0.2) is 59.7 Å². The van der Waals surface area contributed by atoms with Gasteiger partial charge in [-0.15, -0.1) is 0 Å². The summed E-state index contributed by atoms with van der Waals surface area (Å²) in [6.45, 7) is 5.80. The predicted octanol–water partition coefficient (Wildman–Crippen LogP) is 1.83. The van der Waals surface area contributed by atoms with Gasteiger partial charge < -0.3 is 19.9 Å². The number of nitrogens with one attached hydrogen (secondary N) is 1. The third-order valence-electron chi connectivity index (χ3n) is 6.22. The molecule has 8 heteroatoms. The molecule has 0 bridgehead atoms. The Morgan fingerprint density at radius 1 is 1.00 bits per heavy atom. The van der Waals surface area contributed by atoms with Crippen LogP contribution in [0.3, 0.4) is 0 Å². The Morgan fingerprint density at radius 3 is 2.50 bits per heavy atom. The van der Waals surface area contributed by atoms with E-state index in [4.69, 9.17) is 9.72 Å². The second kappa shape index (κ2) is 9.10. The molecule has 0 spiro atoms. The number of hydrogen-bond donors (Lipinski definition) is 1. The minimum atomic E-state index is -0.0632. The molecule has 2 saturated heterocycles. The smallest absolute Gasteiger partial charge is 0.255 e. The first-order valence-corrected chi connectivity index (χ1v) is 11.1. The van der Waals surface area contributed by atoms with E-state index in [1.807, 2.05) is 12.1 Å². The van der Waals surface area contributed by atoms with E-state index in [0.29, 0.717) is 11.6 Å². The van der Waals surface area contributed by atoms with Gasteiger partial charge in [-0.25, -0.2) is 4.98 Å². The number of ether oxygens (including phenoxy) is 1. The molecule has 3 aromatic rings. The lowest BCUT2D eigenvalue weighted by Crippen LogP contribution is -2.47. The zero-order valence-electron chi connectivity index (χ0n) is 18.3. The fraction of sp³-hybridized carbons (Fsp3) is 0.375. The molecule has 2 aliphatic rings. The van der Waals surface area contributed by atoms with Crippen LogP contribution < -0.4 is 20.7 Å². The summed E-state index contributed by atoms with van der Waals surface area (Å²) in [5.41, 5.74) is 3.98. The maximum Gasteiger partial charge on any atom is 0.255 e. The Kier molecular flexibility index (Phi) is 5.87. The van der Waals surface area contributed by atoms with E-state index < -0.39 is 0 Å². The molecule has 2 aromatic heterocycles. The van der Waals surface area contributed by atoms with Crippen LogP contribution in [-0.2, 0) is 11.8 Å². The van der Waals surface area contributed by atoms with Crippen molar-refractivity contribution in [3.8, 4) is 11.3 Å². The molecule has 0 saturated carbocycles. The molecule has 5 rings (SSSR count). The number of hydrogen-bond acceptors (Lipinski definition) is 7. The van der Waals surface area contributed by atoms with Gasteiger partial charge in [0.05, 0.1) is 18.9 Å². The van der Waals surface area contributed by atoms with Crippen LogP contribution in [0.5, 0.6) is 0 Å². The Hall–Kier alpha value is -3.23. The molecule has 2 fully saturated rings. The van der Waals surface area contributed by atoms with Crippen molar-refractivity contribution < 1.29 is 4.74 Å². The Labute approximate surface area is 187 Å². The van der Waals surface area contributed by atoms with Crippen molar-refractivity contribution in [3.05, 3.63) is 70.8 Å². The van der Waals surface area contributed by atoms with Gasteiger partial charge in [0.1, 0.15) is 0 Å². The van der Waals surface area contributed by atoms with E-state index in [1.54, 1.807) is 30.1 Å². The average molecular weight is 433 g/mol. The minimum absolute atomic E-state index is 0.0632. The molecular formula is C24H28N6O2.